The van der Waals surface area contributed by atoms with Gasteiger partial charge in [0.2, 0.25) is 0 Å². The Labute approximate surface area is 176 Å². The number of rotatable bonds is 10. The first kappa shape index (κ1) is 33.4. The molecule has 0 aliphatic heterocycles. The van der Waals surface area contributed by atoms with Crippen LogP contribution in [0.25, 0.3) is 0 Å². The first-order valence-electron chi connectivity index (χ1n) is 6.24. The van der Waals surface area contributed by atoms with Crippen molar-refractivity contribution in [2.75, 3.05) is 0 Å². The van der Waals surface area contributed by atoms with Crippen molar-refractivity contribution in [2.45, 2.75) is 36.9 Å². The number of carboxylic acids is 6. The maximum Gasteiger partial charge on any atom is 3.00 e. The molecule has 28 heavy (non-hydrogen) atoms. The van der Waals surface area contributed by atoms with Gasteiger partial charge >= 0.3 is 40.1 Å². The summed E-state index contributed by atoms with van der Waals surface area (Å²) in [5.74, 6) is -11.6. The fourth-order valence-corrected chi connectivity index (χ4v) is 1.38. The monoisotopic (exact) mass is 491 g/mol. The van der Waals surface area contributed by atoms with E-state index in [0.29, 0.717) is 0 Å². The maximum atomic E-state index is 10.3. The summed E-state index contributed by atoms with van der Waals surface area (Å²) < 4.78 is 0. The summed E-state index contributed by atoms with van der Waals surface area (Å²) in [5, 5.41) is 76.1. The predicted molar refractivity (Wildman–Crippen MR) is 61.0 cm³/mol. The summed E-state index contributed by atoms with van der Waals surface area (Å²) in [6, 6.07) is 0. The summed E-state index contributed by atoms with van der Waals surface area (Å²) in [7, 11) is 0. The first-order chi connectivity index (χ1) is 11.6. The molecule has 0 aromatic carbocycles. The van der Waals surface area contributed by atoms with Gasteiger partial charge in [-0.05, 0) is 0 Å². The van der Waals surface area contributed by atoms with Gasteiger partial charge < -0.3 is 64.8 Å². The van der Waals surface area contributed by atoms with Gasteiger partial charge in [-0.3, -0.25) is 0 Å². The molecule has 0 bridgehead atoms. The van der Waals surface area contributed by atoms with E-state index in [1.807, 2.05) is 0 Å². The number of aliphatic carboxylic acids is 6. The molecule has 3 N–H and O–H groups in total. The van der Waals surface area contributed by atoms with E-state index in [2.05, 4.69) is 0 Å². The average molecular weight is 491 g/mol. The molecule has 0 unspecified atom stereocenters. The van der Waals surface area contributed by atoms with Crippen LogP contribution in [0.1, 0.15) is 25.7 Å². The summed E-state index contributed by atoms with van der Waals surface area (Å²) in [4.78, 5) is 60.2. The molecule has 0 spiro atoms. The topological polar surface area (TPSA) is 278 Å². The third-order valence-corrected chi connectivity index (χ3v) is 2.53. The van der Waals surface area contributed by atoms with Crippen molar-refractivity contribution in [3.8, 4) is 0 Å². The quantitative estimate of drug-likeness (QED) is 0.239. The number of carbonyl (C=O) groups is 6. The van der Waals surface area contributed by atoms with Crippen molar-refractivity contribution in [1.82, 2.24) is 0 Å². The van der Waals surface area contributed by atoms with E-state index in [1.54, 1.807) is 0 Å². The Balaban J connectivity index is -0.000000192. The van der Waals surface area contributed by atoms with E-state index < -0.39 is 72.7 Å². The molecular weight excluding hydrogens is 480 g/mol. The molecule has 0 aliphatic carbocycles. The molecule has 159 valence electrons. The van der Waals surface area contributed by atoms with Gasteiger partial charge in [0.1, 0.15) is 5.60 Å². The second-order valence-corrected chi connectivity index (χ2v) is 4.85. The predicted octanol–water partition coefficient (Wildman–Crippen LogP) is -9.18. The van der Waals surface area contributed by atoms with E-state index in [4.69, 9.17) is 15.3 Å². The summed E-state index contributed by atoms with van der Waals surface area (Å²) >= 11 is 0. The zero-order chi connectivity index (χ0) is 21.3. The number of hydrogen-bond acceptors (Lipinski definition) is 13. The fourth-order valence-electron chi connectivity index (χ4n) is 1.38. The third kappa shape index (κ3) is 13.9. The Bertz CT molecular complexity index is 517. The fraction of sp³-hybridized carbons (Fsp3) is 0.500. The van der Waals surface area contributed by atoms with E-state index in [1.165, 1.54) is 0 Å². The minimum Gasteiger partial charge on any atom is -0.550 e. The zero-order valence-electron chi connectivity index (χ0n) is 13.4. The van der Waals surface area contributed by atoms with Crippen molar-refractivity contribution in [2.24, 2.45) is 0 Å². The van der Waals surface area contributed by atoms with Crippen LogP contribution in [-0.4, -0.2) is 62.3 Å². The van der Waals surface area contributed by atoms with Crippen LogP contribution in [0, 0.1) is 0 Å². The Morgan fingerprint density at radius 1 is 0.607 bits per heavy atom. The average Bonchev–Trinajstić information content (AvgIpc) is 2.34. The molecular formula is C12H11Fe2O14. The Hall–Kier alpha value is -2.22. The van der Waals surface area contributed by atoms with Crippen LogP contribution in [-0.2, 0) is 62.9 Å². The smallest absolute Gasteiger partial charge is 0.550 e. The molecule has 0 atom stereocenters. The van der Waals surface area contributed by atoms with Crippen LogP contribution < -0.4 is 25.5 Å². The standard InChI is InChI=1S/2C6H8O7.2Fe/c2*7-3(8)1-6(13,5(11)12)2-4(9)10;;/h2*13H,1-2H2,(H,7,8)(H,9,10)(H,11,12);;/q;;+2;+3/p-5. The van der Waals surface area contributed by atoms with Gasteiger partial charge in [-0.1, -0.05) is 0 Å². The van der Waals surface area contributed by atoms with Crippen LogP contribution in [0.4, 0.5) is 0 Å². The van der Waals surface area contributed by atoms with Gasteiger partial charge in [-0.2, -0.15) is 0 Å². The third-order valence-electron chi connectivity index (χ3n) is 2.53. The summed E-state index contributed by atoms with van der Waals surface area (Å²) in [5.41, 5.74) is -5.84. The molecule has 0 saturated heterocycles. The Morgan fingerprint density at radius 3 is 0.964 bits per heavy atom. The minimum atomic E-state index is -2.97. The van der Waals surface area contributed by atoms with Crippen molar-refractivity contribution < 1.29 is 104 Å². The van der Waals surface area contributed by atoms with E-state index >= 15 is 0 Å². The van der Waals surface area contributed by atoms with E-state index in [9.17, 15) is 54.3 Å². The molecule has 14 nitrogen and oxygen atoms in total. The molecule has 0 amide bonds. The normalized spacial score (nSPS) is 10.1. The van der Waals surface area contributed by atoms with Gasteiger partial charge in [-0.15, -0.1) is 0 Å². The van der Waals surface area contributed by atoms with Crippen LogP contribution in [0.2, 0.25) is 0 Å². The SMILES string of the molecule is O=C([O-])CC(O)(CC(=O)[O-])C(=O)O.O=C([O-])CC(O)(CC(=O)[O-])C(=O)[O-].[Fe+2].[Fe+3]. The van der Waals surface area contributed by atoms with Crippen molar-refractivity contribution >= 4 is 35.8 Å². The zero-order valence-corrected chi connectivity index (χ0v) is 15.6. The van der Waals surface area contributed by atoms with Gasteiger partial charge in [0, 0.05) is 49.6 Å². The van der Waals surface area contributed by atoms with Gasteiger partial charge in [-0.25, -0.2) is 4.79 Å². The molecule has 0 saturated carbocycles. The maximum absolute atomic E-state index is 10.3. The molecule has 0 aliphatic rings. The summed E-state index contributed by atoms with van der Waals surface area (Å²) in [6.07, 6.45) is -5.31. The molecule has 0 fully saturated rings. The van der Waals surface area contributed by atoms with Gasteiger partial charge in [0.25, 0.3) is 0 Å². The largest absolute Gasteiger partial charge is 3.00 e. The molecule has 1 radical (unpaired) electrons. The van der Waals surface area contributed by atoms with Crippen LogP contribution in [0.3, 0.4) is 0 Å². The number of carbonyl (C=O) groups excluding carboxylic acids is 5. The molecule has 16 heteroatoms. The van der Waals surface area contributed by atoms with Crippen molar-refractivity contribution in [3.05, 3.63) is 0 Å². The van der Waals surface area contributed by atoms with Crippen LogP contribution in [0.15, 0.2) is 0 Å². The van der Waals surface area contributed by atoms with E-state index in [0.717, 1.165) is 0 Å². The van der Waals surface area contributed by atoms with Gasteiger partial charge in [0.15, 0.2) is 5.60 Å². The number of aliphatic hydroxyl groups is 2. The minimum absolute atomic E-state index is 0. The van der Waals surface area contributed by atoms with Gasteiger partial charge in [0.05, 0.1) is 5.97 Å². The van der Waals surface area contributed by atoms with Crippen LogP contribution >= 0.6 is 0 Å². The molecule has 0 rings (SSSR count). The Kier molecular flexibility index (Phi) is 16.5. The Morgan fingerprint density at radius 2 is 0.821 bits per heavy atom. The second kappa shape index (κ2) is 13.9. The molecule has 0 aromatic rings. The summed E-state index contributed by atoms with van der Waals surface area (Å²) in [6.45, 7) is 0. The van der Waals surface area contributed by atoms with Crippen molar-refractivity contribution in [1.29, 1.82) is 0 Å². The molecule has 0 heterocycles. The number of carboxylic acid groups (broad SMARTS) is 6. The molecule has 0 aromatic heterocycles. The van der Waals surface area contributed by atoms with Crippen molar-refractivity contribution in [3.63, 3.8) is 0 Å². The van der Waals surface area contributed by atoms with E-state index in [-0.39, 0.29) is 34.1 Å². The van der Waals surface area contributed by atoms with Crippen LogP contribution in [0.5, 0.6) is 0 Å². The second-order valence-electron chi connectivity index (χ2n) is 4.85. The number of hydrogen-bond donors (Lipinski definition) is 3. The first-order valence-corrected chi connectivity index (χ1v) is 6.24.